The molecule has 1 saturated heterocycles. The molecule has 1 amide bonds. The standard InChI is InChI=1S/C11H13NO4/c1-2-9-8(3-4-16-9)10(13)12-5-7(6-12)11(14)15/h3-4,7H,2,5-6H2,1H3,(H,14,15). The van der Waals surface area contributed by atoms with Crippen molar-refractivity contribution in [2.75, 3.05) is 13.1 Å². The van der Waals surface area contributed by atoms with Crippen LogP contribution in [0.2, 0.25) is 0 Å². The molecule has 0 unspecified atom stereocenters. The second kappa shape index (κ2) is 4.00. The molecule has 0 aliphatic carbocycles. The normalized spacial score (nSPS) is 15.9. The lowest BCUT2D eigenvalue weighted by Gasteiger charge is -2.36. The zero-order valence-corrected chi connectivity index (χ0v) is 8.97. The average molecular weight is 223 g/mol. The molecule has 0 radical (unpaired) electrons. The van der Waals surface area contributed by atoms with Crippen LogP contribution in [0.15, 0.2) is 16.7 Å². The molecule has 1 aliphatic heterocycles. The van der Waals surface area contributed by atoms with Crippen molar-refractivity contribution in [3.8, 4) is 0 Å². The first kappa shape index (κ1) is 10.7. The monoisotopic (exact) mass is 223 g/mol. The van der Waals surface area contributed by atoms with Crippen molar-refractivity contribution in [3.63, 3.8) is 0 Å². The van der Waals surface area contributed by atoms with Gasteiger partial charge in [0.05, 0.1) is 17.7 Å². The number of nitrogens with zero attached hydrogens (tertiary/aromatic N) is 1. The lowest BCUT2D eigenvalue weighted by molar-refractivity contribution is -0.146. The van der Waals surface area contributed by atoms with E-state index < -0.39 is 11.9 Å². The van der Waals surface area contributed by atoms with E-state index in [0.717, 1.165) is 0 Å². The first-order valence-corrected chi connectivity index (χ1v) is 5.22. The van der Waals surface area contributed by atoms with Crippen molar-refractivity contribution in [2.24, 2.45) is 5.92 Å². The maximum Gasteiger partial charge on any atom is 0.310 e. The van der Waals surface area contributed by atoms with Crippen molar-refractivity contribution in [1.29, 1.82) is 0 Å². The summed E-state index contributed by atoms with van der Waals surface area (Å²) >= 11 is 0. The Hall–Kier alpha value is -1.78. The summed E-state index contributed by atoms with van der Waals surface area (Å²) in [6.07, 6.45) is 2.14. The number of likely N-dealkylation sites (tertiary alicyclic amines) is 1. The molecule has 1 N–H and O–H groups in total. The Bertz CT molecular complexity index is 417. The van der Waals surface area contributed by atoms with Gasteiger partial charge in [0.2, 0.25) is 0 Å². The Balaban J connectivity index is 2.03. The maximum absolute atomic E-state index is 11.9. The summed E-state index contributed by atoms with van der Waals surface area (Å²) in [4.78, 5) is 24.0. The van der Waals surface area contributed by atoms with Crippen LogP contribution >= 0.6 is 0 Å². The van der Waals surface area contributed by atoms with Gasteiger partial charge in [-0.1, -0.05) is 6.92 Å². The van der Waals surface area contributed by atoms with Gasteiger partial charge in [0.15, 0.2) is 0 Å². The van der Waals surface area contributed by atoms with E-state index in [1.54, 1.807) is 6.07 Å². The second-order valence-corrected chi connectivity index (χ2v) is 3.86. The Morgan fingerprint density at radius 2 is 2.25 bits per heavy atom. The van der Waals surface area contributed by atoms with Crippen LogP contribution in [0.3, 0.4) is 0 Å². The molecule has 5 nitrogen and oxygen atoms in total. The number of carboxylic acids is 1. The van der Waals surface area contributed by atoms with Gasteiger partial charge in [-0.25, -0.2) is 0 Å². The molecule has 1 aromatic heterocycles. The van der Waals surface area contributed by atoms with Crippen molar-refractivity contribution >= 4 is 11.9 Å². The van der Waals surface area contributed by atoms with Gasteiger partial charge in [-0.2, -0.15) is 0 Å². The fraction of sp³-hybridized carbons (Fsp3) is 0.455. The Kier molecular flexibility index (Phi) is 2.68. The van der Waals surface area contributed by atoms with Crippen molar-refractivity contribution in [1.82, 2.24) is 4.90 Å². The molecule has 0 bridgehead atoms. The summed E-state index contributed by atoms with van der Waals surface area (Å²) in [5.41, 5.74) is 0.548. The van der Waals surface area contributed by atoms with Gasteiger partial charge in [-0.3, -0.25) is 9.59 Å². The fourth-order valence-corrected chi connectivity index (χ4v) is 1.78. The smallest absolute Gasteiger partial charge is 0.310 e. The number of carbonyl (C=O) groups is 2. The Labute approximate surface area is 92.7 Å². The molecule has 0 spiro atoms. The number of carbonyl (C=O) groups excluding carboxylic acids is 1. The summed E-state index contributed by atoms with van der Waals surface area (Å²) in [7, 11) is 0. The van der Waals surface area contributed by atoms with Crippen LogP contribution < -0.4 is 0 Å². The molecular formula is C11H13NO4. The Morgan fingerprint density at radius 3 is 2.81 bits per heavy atom. The zero-order chi connectivity index (χ0) is 11.7. The van der Waals surface area contributed by atoms with E-state index in [1.165, 1.54) is 11.2 Å². The predicted molar refractivity (Wildman–Crippen MR) is 55.1 cm³/mol. The van der Waals surface area contributed by atoms with Gasteiger partial charge in [0.1, 0.15) is 5.76 Å². The third-order valence-electron chi connectivity index (χ3n) is 2.81. The molecule has 16 heavy (non-hydrogen) atoms. The number of aryl methyl sites for hydroxylation is 1. The highest BCUT2D eigenvalue weighted by Crippen LogP contribution is 2.21. The third kappa shape index (κ3) is 1.68. The SMILES string of the molecule is CCc1occc1C(=O)N1CC(C(=O)O)C1. The van der Waals surface area contributed by atoms with Crippen LogP contribution in [0.5, 0.6) is 0 Å². The number of aliphatic carboxylic acids is 1. The highest BCUT2D eigenvalue weighted by Gasteiger charge is 2.36. The molecule has 1 aromatic rings. The molecule has 1 fully saturated rings. The maximum atomic E-state index is 11.9. The van der Waals surface area contributed by atoms with Crippen molar-refractivity contribution < 1.29 is 19.1 Å². The largest absolute Gasteiger partial charge is 0.481 e. The molecule has 1 aliphatic rings. The first-order valence-electron chi connectivity index (χ1n) is 5.22. The van der Waals surface area contributed by atoms with E-state index in [-0.39, 0.29) is 5.91 Å². The van der Waals surface area contributed by atoms with E-state index >= 15 is 0 Å². The lowest BCUT2D eigenvalue weighted by Crippen LogP contribution is -2.53. The minimum atomic E-state index is -0.841. The van der Waals surface area contributed by atoms with E-state index in [1.807, 2.05) is 6.92 Å². The van der Waals surface area contributed by atoms with E-state index in [2.05, 4.69) is 0 Å². The molecule has 2 heterocycles. The average Bonchev–Trinajstić information content (AvgIpc) is 2.61. The van der Waals surface area contributed by atoms with Crippen molar-refractivity contribution in [2.45, 2.75) is 13.3 Å². The minimum Gasteiger partial charge on any atom is -0.481 e. The van der Waals surface area contributed by atoms with Crippen LogP contribution in [0.1, 0.15) is 23.0 Å². The summed E-state index contributed by atoms with van der Waals surface area (Å²) < 4.78 is 5.16. The molecular weight excluding hydrogens is 210 g/mol. The number of rotatable bonds is 3. The predicted octanol–water partition coefficient (Wildman–Crippen LogP) is 0.999. The minimum absolute atomic E-state index is 0.136. The van der Waals surface area contributed by atoms with Gasteiger partial charge in [0.25, 0.3) is 5.91 Å². The van der Waals surface area contributed by atoms with Gasteiger partial charge in [0, 0.05) is 19.5 Å². The second-order valence-electron chi connectivity index (χ2n) is 3.86. The van der Waals surface area contributed by atoms with E-state index in [0.29, 0.717) is 30.8 Å². The number of hydrogen-bond donors (Lipinski definition) is 1. The molecule has 0 atom stereocenters. The highest BCUT2D eigenvalue weighted by molar-refractivity contribution is 5.96. The van der Waals surface area contributed by atoms with Gasteiger partial charge >= 0.3 is 5.97 Å². The number of hydrogen-bond acceptors (Lipinski definition) is 3. The molecule has 0 saturated carbocycles. The Morgan fingerprint density at radius 1 is 1.56 bits per heavy atom. The van der Waals surface area contributed by atoms with E-state index in [9.17, 15) is 9.59 Å². The van der Waals surface area contributed by atoms with Crippen LogP contribution in [0.4, 0.5) is 0 Å². The highest BCUT2D eigenvalue weighted by atomic mass is 16.4. The summed E-state index contributed by atoms with van der Waals surface area (Å²) in [5.74, 6) is -0.736. The van der Waals surface area contributed by atoms with E-state index in [4.69, 9.17) is 9.52 Å². The molecule has 86 valence electrons. The first-order chi connectivity index (χ1) is 7.63. The number of amides is 1. The molecule has 5 heteroatoms. The van der Waals surface area contributed by atoms with Crippen LogP contribution in [0, 0.1) is 5.92 Å². The topological polar surface area (TPSA) is 70.8 Å². The fourth-order valence-electron chi connectivity index (χ4n) is 1.78. The number of carboxylic acid groups (broad SMARTS) is 1. The lowest BCUT2D eigenvalue weighted by atomic mass is 9.99. The van der Waals surface area contributed by atoms with Crippen LogP contribution in [-0.4, -0.2) is 35.0 Å². The van der Waals surface area contributed by atoms with Crippen LogP contribution in [-0.2, 0) is 11.2 Å². The van der Waals surface area contributed by atoms with Gasteiger partial charge in [-0.15, -0.1) is 0 Å². The number of furan rings is 1. The molecule has 2 rings (SSSR count). The van der Waals surface area contributed by atoms with Crippen molar-refractivity contribution in [3.05, 3.63) is 23.7 Å². The zero-order valence-electron chi connectivity index (χ0n) is 8.97. The van der Waals surface area contributed by atoms with Gasteiger partial charge < -0.3 is 14.4 Å². The van der Waals surface area contributed by atoms with Crippen LogP contribution in [0.25, 0.3) is 0 Å². The third-order valence-corrected chi connectivity index (χ3v) is 2.81. The summed E-state index contributed by atoms with van der Waals surface area (Å²) in [6.45, 7) is 2.50. The molecule has 0 aromatic carbocycles. The van der Waals surface area contributed by atoms with Gasteiger partial charge in [-0.05, 0) is 6.07 Å². The summed E-state index contributed by atoms with van der Waals surface area (Å²) in [5, 5.41) is 8.71. The quantitative estimate of drug-likeness (QED) is 0.829. The summed E-state index contributed by atoms with van der Waals surface area (Å²) in [6, 6.07) is 1.63.